The van der Waals surface area contributed by atoms with Crippen LogP contribution >= 0.6 is 46.4 Å². The Hall–Kier alpha value is -2.45. The van der Waals surface area contributed by atoms with E-state index >= 15 is 0 Å². The van der Waals surface area contributed by atoms with Crippen LogP contribution in [0.5, 0.6) is 0 Å². The fourth-order valence-electron chi connectivity index (χ4n) is 3.60. The van der Waals surface area contributed by atoms with Crippen molar-refractivity contribution in [1.82, 2.24) is 0 Å². The summed E-state index contributed by atoms with van der Waals surface area (Å²) in [6, 6.07) is 10.5. The molecule has 3 aromatic rings. The van der Waals surface area contributed by atoms with Crippen LogP contribution in [-0.4, -0.2) is 16.1 Å². The summed E-state index contributed by atoms with van der Waals surface area (Å²) in [5, 5.41) is 5.05. The molecule has 0 bridgehead atoms. The molecule has 0 spiro atoms. The van der Waals surface area contributed by atoms with Crippen molar-refractivity contribution >= 4 is 69.6 Å². The van der Waals surface area contributed by atoms with Crippen molar-refractivity contribution in [2.24, 2.45) is 5.92 Å². The standard InChI is InChI=1S/C23H13Cl4F3N2O2/c24-11-5-10(6-13(29)7-11)19-20(23(19,26)27)22(34)31-14-2-3-16(25)15(9-14)21(33)32-18-4-1-12(28)8-17(18)30/h1-9,19-20H,(H,31,34)(H,32,33). The zero-order chi connectivity index (χ0) is 24.8. The fourth-order valence-corrected chi connectivity index (χ4v) is 4.86. The molecule has 1 aliphatic carbocycles. The Morgan fingerprint density at radius 1 is 0.853 bits per heavy atom. The Labute approximate surface area is 211 Å². The van der Waals surface area contributed by atoms with Crippen LogP contribution in [0.2, 0.25) is 10.0 Å². The van der Waals surface area contributed by atoms with Gasteiger partial charge in [0, 0.05) is 22.7 Å². The van der Waals surface area contributed by atoms with Gasteiger partial charge in [-0.2, -0.15) is 0 Å². The van der Waals surface area contributed by atoms with E-state index in [-0.39, 0.29) is 27.0 Å². The Kier molecular flexibility index (Phi) is 6.75. The predicted octanol–water partition coefficient (Wildman–Crippen LogP) is 7.19. The van der Waals surface area contributed by atoms with Crippen LogP contribution in [0.1, 0.15) is 21.8 Å². The number of hydrogen-bond donors (Lipinski definition) is 2. The molecule has 1 aliphatic rings. The van der Waals surface area contributed by atoms with Gasteiger partial charge in [-0.3, -0.25) is 9.59 Å². The monoisotopic (exact) mass is 546 g/mol. The molecule has 1 saturated carbocycles. The molecule has 34 heavy (non-hydrogen) atoms. The van der Waals surface area contributed by atoms with E-state index < -0.39 is 45.4 Å². The van der Waals surface area contributed by atoms with Crippen molar-refractivity contribution in [1.29, 1.82) is 0 Å². The molecule has 2 amide bonds. The highest BCUT2D eigenvalue weighted by atomic mass is 35.5. The molecule has 2 unspecified atom stereocenters. The molecule has 0 radical (unpaired) electrons. The van der Waals surface area contributed by atoms with Gasteiger partial charge >= 0.3 is 0 Å². The number of nitrogens with one attached hydrogen (secondary N) is 2. The lowest BCUT2D eigenvalue weighted by molar-refractivity contribution is -0.117. The van der Waals surface area contributed by atoms with Crippen LogP contribution in [0.4, 0.5) is 24.5 Å². The minimum atomic E-state index is -1.49. The van der Waals surface area contributed by atoms with E-state index in [2.05, 4.69) is 10.6 Å². The zero-order valence-corrected chi connectivity index (χ0v) is 19.8. The quantitative estimate of drug-likeness (QED) is 0.332. The summed E-state index contributed by atoms with van der Waals surface area (Å²) in [5.74, 6) is -5.35. The second-order valence-electron chi connectivity index (χ2n) is 7.59. The molecule has 0 aliphatic heterocycles. The molecule has 3 aromatic carbocycles. The molecule has 0 saturated heterocycles. The normalized spacial score (nSPS) is 18.3. The lowest BCUT2D eigenvalue weighted by atomic mass is 10.1. The van der Waals surface area contributed by atoms with E-state index in [9.17, 15) is 22.8 Å². The number of carbonyl (C=O) groups excluding carboxylic acids is 2. The smallest absolute Gasteiger partial charge is 0.257 e. The number of halogens is 7. The van der Waals surface area contributed by atoms with Gasteiger partial charge < -0.3 is 10.6 Å². The van der Waals surface area contributed by atoms with E-state index in [0.29, 0.717) is 11.6 Å². The van der Waals surface area contributed by atoms with Crippen LogP contribution in [-0.2, 0) is 4.79 Å². The van der Waals surface area contributed by atoms with E-state index in [4.69, 9.17) is 46.4 Å². The van der Waals surface area contributed by atoms with Crippen LogP contribution in [0.15, 0.2) is 54.6 Å². The predicted molar refractivity (Wildman–Crippen MR) is 126 cm³/mol. The molecule has 2 atom stereocenters. The minimum absolute atomic E-state index is 0.0285. The molecule has 1 fully saturated rings. The van der Waals surface area contributed by atoms with Crippen LogP contribution in [0, 0.1) is 23.4 Å². The Morgan fingerprint density at radius 2 is 1.59 bits per heavy atom. The van der Waals surface area contributed by atoms with Crippen LogP contribution < -0.4 is 10.6 Å². The van der Waals surface area contributed by atoms with Gasteiger partial charge in [-0.15, -0.1) is 23.2 Å². The van der Waals surface area contributed by atoms with Crippen molar-refractivity contribution in [3.8, 4) is 0 Å². The summed E-state index contributed by atoms with van der Waals surface area (Å²) < 4.78 is 39.2. The van der Waals surface area contributed by atoms with E-state index in [1.165, 1.54) is 30.3 Å². The van der Waals surface area contributed by atoms with Crippen LogP contribution in [0.25, 0.3) is 0 Å². The molecule has 4 nitrogen and oxygen atoms in total. The van der Waals surface area contributed by atoms with Gasteiger partial charge in [0.2, 0.25) is 5.91 Å². The maximum absolute atomic E-state index is 13.9. The van der Waals surface area contributed by atoms with Gasteiger partial charge in [-0.25, -0.2) is 13.2 Å². The zero-order valence-electron chi connectivity index (χ0n) is 16.8. The van der Waals surface area contributed by atoms with Crippen molar-refractivity contribution in [3.63, 3.8) is 0 Å². The Bertz CT molecular complexity index is 1300. The lowest BCUT2D eigenvalue weighted by Gasteiger charge is -2.11. The first-order valence-corrected chi connectivity index (χ1v) is 11.2. The maximum Gasteiger partial charge on any atom is 0.257 e. The number of carbonyl (C=O) groups is 2. The van der Waals surface area contributed by atoms with Crippen molar-refractivity contribution in [2.45, 2.75) is 10.3 Å². The van der Waals surface area contributed by atoms with Crippen molar-refractivity contribution in [2.75, 3.05) is 10.6 Å². The number of rotatable bonds is 5. The molecule has 176 valence electrons. The summed E-state index contributed by atoms with van der Waals surface area (Å²) in [5.41, 5.74) is 0.231. The van der Waals surface area contributed by atoms with E-state index in [0.717, 1.165) is 18.2 Å². The van der Waals surface area contributed by atoms with E-state index in [1.807, 2.05) is 0 Å². The third-order valence-electron chi connectivity index (χ3n) is 5.24. The molecule has 11 heteroatoms. The number of hydrogen-bond acceptors (Lipinski definition) is 2. The summed E-state index contributed by atoms with van der Waals surface area (Å²) in [6.45, 7) is 0. The highest BCUT2D eigenvalue weighted by Gasteiger charge is 2.67. The summed E-state index contributed by atoms with van der Waals surface area (Å²) in [6.07, 6.45) is 0. The van der Waals surface area contributed by atoms with E-state index in [1.54, 1.807) is 0 Å². The first-order valence-electron chi connectivity index (χ1n) is 9.68. The third-order valence-corrected chi connectivity index (χ3v) is 6.73. The summed E-state index contributed by atoms with van der Waals surface area (Å²) in [7, 11) is 0. The first kappa shape index (κ1) is 24.7. The highest BCUT2D eigenvalue weighted by molar-refractivity contribution is 6.53. The number of amides is 2. The highest BCUT2D eigenvalue weighted by Crippen LogP contribution is 2.65. The van der Waals surface area contributed by atoms with Crippen LogP contribution in [0.3, 0.4) is 0 Å². The van der Waals surface area contributed by atoms with Gasteiger partial charge in [-0.05, 0) is 54.1 Å². The molecular formula is C23H13Cl4F3N2O2. The molecule has 0 aromatic heterocycles. The summed E-state index contributed by atoms with van der Waals surface area (Å²) >= 11 is 24.6. The van der Waals surface area contributed by atoms with Crippen molar-refractivity contribution < 1.29 is 22.8 Å². The SMILES string of the molecule is O=C(Nc1ccc(F)cc1F)c1cc(NC(=O)C2C(c3cc(F)cc(Cl)c3)C2(Cl)Cl)ccc1Cl. The summed E-state index contributed by atoms with van der Waals surface area (Å²) in [4.78, 5) is 25.5. The minimum Gasteiger partial charge on any atom is -0.326 e. The second kappa shape index (κ2) is 9.30. The molecular weight excluding hydrogens is 535 g/mol. The van der Waals surface area contributed by atoms with Gasteiger partial charge in [0.25, 0.3) is 5.91 Å². The molecule has 0 heterocycles. The number of benzene rings is 3. The molecule has 4 rings (SSSR count). The van der Waals surface area contributed by atoms with Crippen molar-refractivity contribution in [3.05, 3.63) is 93.2 Å². The fraction of sp³-hybridized carbons (Fsp3) is 0.130. The van der Waals surface area contributed by atoms with Gasteiger partial charge in [0.1, 0.15) is 21.8 Å². The van der Waals surface area contributed by atoms with Gasteiger partial charge in [-0.1, -0.05) is 23.2 Å². The van der Waals surface area contributed by atoms with Gasteiger partial charge in [0.15, 0.2) is 0 Å². The lowest BCUT2D eigenvalue weighted by Crippen LogP contribution is -2.18. The molecule has 2 N–H and O–H groups in total. The largest absolute Gasteiger partial charge is 0.326 e. The third kappa shape index (κ3) is 4.98. The number of anilines is 2. The average Bonchev–Trinajstić information content (AvgIpc) is 3.33. The topological polar surface area (TPSA) is 58.2 Å². The average molecular weight is 548 g/mol. The second-order valence-corrected chi connectivity index (χ2v) is 9.88. The Morgan fingerprint density at radius 3 is 2.26 bits per heavy atom. The van der Waals surface area contributed by atoms with Gasteiger partial charge in [0.05, 0.1) is 22.2 Å². The number of alkyl halides is 2. The Balaban J connectivity index is 1.52. The maximum atomic E-state index is 13.9. The first-order chi connectivity index (χ1) is 16.0.